The Kier molecular flexibility index (Phi) is 10.3. The highest BCUT2D eigenvalue weighted by molar-refractivity contribution is 7.80. The fourth-order valence-corrected chi connectivity index (χ4v) is 4.72. The van der Waals surface area contributed by atoms with Gasteiger partial charge in [-0.1, -0.05) is 32.0 Å². The molecule has 0 fully saturated rings. The molecule has 1 aromatic heterocycles. The number of nitrogens with zero attached hydrogens (tertiary/aromatic N) is 2. The highest BCUT2D eigenvalue weighted by atomic mass is 32.1. The first-order valence-electron chi connectivity index (χ1n) is 12.9. The number of hydrogen-bond donors (Lipinski definition) is 2. The zero-order valence-corrected chi connectivity index (χ0v) is 23.8. The van der Waals surface area contributed by atoms with Gasteiger partial charge in [-0.25, -0.2) is 0 Å². The monoisotopic (exact) mass is 524 g/mol. The number of aryl methyl sites for hydroxylation is 2. The van der Waals surface area contributed by atoms with Crippen molar-refractivity contribution < 1.29 is 9.47 Å². The van der Waals surface area contributed by atoms with E-state index < -0.39 is 0 Å². The molecular weight excluding hydrogens is 484 g/mol. The number of methoxy groups -OCH3 is 2. The number of pyridine rings is 1. The molecule has 0 unspecified atom stereocenters. The number of aromatic amines is 1. The lowest BCUT2D eigenvalue weighted by molar-refractivity contribution is 0.263. The summed E-state index contributed by atoms with van der Waals surface area (Å²) >= 11 is 5.83. The van der Waals surface area contributed by atoms with Crippen LogP contribution in [0.1, 0.15) is 36.1 Å². The van der Waals surface area contributed by atoms with Crippen molar-refractivity contribution in [2.75, 3.05) is 46.9 Å². The van der Waals surface area contributed by atoms with Gasteiger partial charge in [0.2, 0.25) is 0 Å². The minimum Gasteiger partial charge on any atom is -0.493 e. The van der Waals surface area contributed by atoms with Crippen molar-refractivity contribution in [3.63, 3.8) is 0 Å². The quantitative estimate of drug-likeness (QED) is 0.340. The molecule has 0 aliphatic rings. The van der Waals surface area contributed by atoms with Crippen LogP contribution in [-0.4, -0.2) is 66.8 Å². The third kappa shape index (κ3) is 7.23. The van der Waals surface area contributed by atoms with Crippen LogP contribution in [-0.2, 0) is 13.0 Å². The van der Waals surface area contributed by atoms with Gasteiger partial charge in [-0.05, 0) is 80.5 Å². The Morgan fingerprint density at radius 2 is 1.68 bits per heavy atom. The van der Waals surface area contributed by atoms with Crippen LogP contribution in [0.4, 0.5) is 0 Å². The molecule has 0 aliphatic heterocycles. The molecule has 0 aliphatic carbocycles. The Bertz CT molecular complexity index is 1270. The maximum absolute atomic E-state index is 13.0. The largest absolute Gasteiger partial charge is 0.493 e. The Balaban J connectivity index is 1.76. The van der Waals surface area contributed by atoms with Crippen LogP contribution < -0.4 is 20.3 Å². The first kappa shape index (κ1) is 28.5. The number of benzene rings is 2. The maximum atomic E-state index is 13.0. The summed E-state index contributed by atoms with van der Waals surface area (Å²) in [6, 6.07) is 12.1. The number of likely N-dealkylation sites (N-methyl/N-ethyl adjacent to an activating group) is 1. The van der Waals surface area contributed by atoms with E-state index in [4.69, 9.17) is 21.7 Å². The second kappa shape index (κ2) is 13.4. The molecular formula is C29H40N4O3S. The molecule has 0 spiro atoms. The van der Waals surface area contributed by atoms with Crippen LogP contribution in [0.15, 0.2) is 41.2 Å². The van der Waals surface area contributed by atoms with Crippen molar-refractivity contribution in [1.29, 1.82) is 0 Å². The number of ether oxygens (including phenoxy) is 2. The molecule has 200 valence electrons. The van der Waals surface area contributed by atoms with E-state index in [9.17, 15) is 4.79 Å². The van der Waals surface area contributed by atoms with Crippen LogP contribution in [0.25, 0.3) is 10.9 Å². The summed E-state index contributed by atoms with van der Waals surface area (Å²) in [5, 5.41) is 5.13. The molecule has 0 atom stereocenters. The Morgan fingerprint density at radius 3 is 2.35 bits per heavy atom. The topological polar surface area (TPSA) is 69.8 Å². The lowest BCUT2D eigenvalue weighted by Crippen LogP contribution is -2.44. The molecule has 0 saturated heterocycles. The zero-order chi connectivity index (χ0) is 26.9. The standard InChI is InChI=1S/C29H40N4O3S/c1-7-32(8-2)15-16-33(19-23-18-24-20(3)9-10-21(4)27(24)31-28(23)34)29(37)30-14-13-22-11-12-25(35-5)26(17-22)36-6/h9-12,17-18H,7-8,13-16,19H2,1-6H3,(H,30,37)(H,31,34). The van der Waals surface area contributed by atoms with Gasteiger partial charge < -0.3 is 29.6 Å². The van der Waals surface area contributed by atoms with E-state index in [1.54, 1.807) is 14.2 Å². The number of nitrogens with one attached hydrogen (secondary N) is 2. The summed E-state index contributed by atoms with van der Waals surface area (Å²) in [6.45, 7) is 13.1. The van der Waals surface area contributed by atoms with Crippen LogP contribution >= 0.6 is 12.2 Å². The summed E-state index contributed by atoms with van der Waals surface area (Å²) in [5.74, 6) is 1.42. The predicted molar refractivity (Wildman–Crippen MR) is 156 cm³/mol. The van der Waals surface area contributed by atoms with Gasteiger partial charge in [-0.3, -0.25) is 4.79 Å². The third-order valence-electron chi connectivity index (χ3n) is 6.89. The van der Waals surface area contributed by atoms with Crippen molar-refractivity contribution in [3.8, 4) is 11.5 Å². The Morgan fingerprint density at radius 1 is 0.973 bits per heavy atom. The summed E-state index contributed by atoms with van der Waals surface area (Å²) in [7, 11) is 3.27. The summed E-state index contributed by atoms with van der Waals surface area (Å²) in [6.07, 6.45) is 0.777. The van der Waals surface area contributed by atoms with Crippen LogP contribution in [0.3, 0.4) is 0 Å². The van der Waals surface area contributed by atoms with E-state index in [1.807, 2.05) is 37.3 Å². The minimum atomic E-state index is -0.0674. The van der Waals surface area contributed by atoms with Gasteiger partial charge in [0.1, 0.15) is 0 Å². The van der Waals surface area contributed by atoms with Gasteiger partial charge in [0.25, 0.3) is 5.56 Å². The van der Waals surface area contributed by atoms with Gasteiger partial charge in [0, 0.05) is 30.6 Å². The van der Waals surface area contributed by atoms with Crippen molar-refractivity contribution in [2.24, 2.45) is 0 Å². The molecule has 37 heavy (non-hydrogen) atoms. The zero-order valence-electron chi connectivity index (χ0n) is 22.9. The van der Waals surface area contributed by atoms with Crippen molar-refractivity contribution >= 4 is 28.2 Å². The molecule has 0 bridgehead atoms. The van der Waals surface area contributed by atoms with Gasteiger partial charge in [-0.2, -0.15) is 0 Å². The molecule has 2 aromatic carbocycles. The minimum absolute atomic E-state index is 0.0674. The van der Waals surface area contributed by atoms with Crippen LogP contribution in [0.5, 0.6) is 11.5 Å². The Hall–Kier alpha value is -3.10. The fourth-order valence-electron chi connectivity index (χ4n) is 4.46. The number of H-pyrrole nitrogens is 1. The smallest absolute Gasteiger partial charge is 0.253 e. The molecule has 3 aromatic rings. The number of fused-ring (bicyclic) bond motifs is 1. The Labute approximate surface area is 225 Å². The second-order valence-corrected chi connectivity index (χ2v) is 9.62. The number of hydrogen-bond acceptors (Lipinski definition) is 5. The van der Waals surface area contributed by atoms with E-state index in [0.717, 1.165) is 60.2 Å². The highest BCUT2D eigenvalue weighted by Crippen LogP contribution is 2.27. The molecule has 2 N–H and O–H groups in total. The van der Waals surface area contributed by atoms with E-state index in [2.05, 4.69) is 46.9 Å². The number of thiocarbonyl (C=S) groups is 1. The van der Waals surface area contributed by atoms with Gasteiger partial charge >= 0.3 is 0 Å². The van der Waals surface area contributed by atoms with Crippen molar-refractivity contribution in [3.05, 3.63) is 69.0 Å². The van der Waals surface area contributed by atoms with Gasteiger partial charge in [-0.15, -0.1) is 0 Å². The van der Waals surface area contributed by atoms with E-state index in [-0.39, 0.29) is 5.56 Å². The summed E-state index contributed by atoms with van der Waals surface area (Å²) in [4.78, 5) is 20.6. The molecule has 0 radical (unpaired) electrons. The van der Waals surface area contributed by atoms with E-state index in [1.165, 1.54) is 0 Å². The molecule has 3 rings (SSSR count). The lowest BCUT2D eigenvalue weighted by atomic mass is 10.0. The molecule has 1 heterocycles. The normalized spacial score (nSPS) is 11.1. The number of rotatable bonds is 12. The maximum Gasteiger partial charge on any atom is 0.253 e. The van der Waals surface area contributed by atoms with Gasteiger partial charge in [0.05, 0.1) is 26.3 Å². The second-order valence-electron chi connectivity index (χ2n) is 9.23. The van der Waals surface area contributed by atoms with Crippen LogP contribution in [0, 0.1) is 13.8 Å². The third-order valence-corrected chi connectivity index (χ3v) is 7.29. The number of aromatic nitrogens is 1. The lowest BCUT2D eigenvalue weighted by Gasteiger charge is -2.29. The fraction of sp³-hybridized carbons (Fsp3) is 0.448. The highest BCUT2D eigenvalue weighted by Gasteiger charge is 2.16. The van der Waals surface area contributed by atoms with Crippen molar-refractivity contribution in [1.82, 2.24) is 20.1 Å². The average Bonchev–Trinajstić information content (AvgIpc) is 2.91. The van der Waals surface area contributed by atoms with Crippen molar-refractivity contribution in [2.45, 2.75) is 40.7 Å². The van der Waals surface area contributed by atoms with E-state index >= 15 is 0 Å². The molecule has 7 nitrogen and oxygen atoms in total. The SMILES string of the molecule is CCN(CC)CCN(Cc1cc2c(C)ccc(C)c2[nH]c1=O)C(=S)NCCc1ccc(OC)c(OC)c1. The van der Waals surface area contributed by atoms with E-state index in [0.29, 0.717) is 35.3 Å². The molecule has 8 heteroatoms. The summed E-state index contributed by atoms with van der Waals surface area (Å²) in [5.41, 5.74) is 4.88. The first-order chi connectivity index (χ1) is 17.8. The van der Waals surface area contributed by atoms with Crippen LogP contribution in [0.2, 0.25) is 0 Å². The molecule has 0 saturated carbocycles. The predicted octanol–water partition coefficient (Wildman–Crippen LogP) is 4.42. The average molecular weight is 525 g/mol. The molecule has 0 amide bonds. The van der Waals surface area contributed by atoms with Gasteiger partial charge in [0.15, 0.2) is 16.6 Å². The summed E-state index contributed by atoms with van der Waals surface area (Å²) < 4.78 is 10.8. The first-order valence-corrected chi connectivity index (χ1v) is 13.3.